The van der Waals surface area contributed by atoms with E-state index < -0.39 is 0 Å². The number of nitrogens with one attached hydrogen (secondary N) is 1. The molecule has 1 aromatic carbocycles. The lowest BCUT2D eigenvalue weighted by Crippen LogP contribution is -2.32. The molecule has 33 heavy (non-hydrogen) atoms. The fourth-order valence-electron chi connectivity index (χ4n) is 4.57. The zero-order valence-corrected chi connectivity index (χ0v) is 19.5. The lowest BCUT2D eigenvalue weighted by Gasteiger charge is -2.29. The highest BCUT2D eigenvalue weighted by Crippen LogP contribution is 2.38. The number of aryl methyl sites for hydroxylation is 1. The van der Waals surface area contributed by atoms with Crippen LogP contribution < -0.4 is 10.1 Å². The summed E-state index contributed by atoms with van der Waals surface area (Å²) in [7, 11) is 0. The van der Waals surface area contributed by atoms with Gasteiger partial charge in [-0.15, -0.1) is 0 Å². The molecule has 0 radical (unpaired) electrons. The normalized spacial score (nSPS) is 18.0. The van der Waals surface area contributed by atoms with Crippen LogP contribution in [0.25, 0.3) is 11.1 Å². The van der Waals surface area contributed by atoms with Crippen molar-refractivity contribution in [2.24, 2.45) is 5.92 Å². The minimum atomic E-state index is 0.0766. The Balaban J connectivity index is 1.29. The Labute approximate surface area is 195 Å². The second-order valence-electron chi connectivity index (χ2n) is 8.73. The highest BCUT2D eigenvalue weighted by atomic mass is 16.5. The van der Waals surface area contributed by atoms with Crippen molar-refractivity contribution >= 4 is 5.91 Å². The van der Waals surface area contributed by atoms with Crippen LogP contribution in [0.15, 0.2) is 55.0 Å². The van der Waals surface area contributed by atoms with Crippen LogP contribution >= 0.6 is 0 Å². The summed E-state index contributed by atoms with van der Waals surface area (Å²) < 4.78 is 5.46. The second kappa shape index (κ2) is 11.0. The number of ether oxygens (including phenoxy) is 1. The molecule has 0 bridgehead atoms. The lowest BCUT2D eigenvalue weighted by molar-refractivity contribution is -0.120. The first-order chi connectivity index (χ1) is 16.1. The van der Waals surface area contributed by atoms with Gasteiger partial charge >= 0.3 is 0 Å². The molecule has 0 saturated heterocycles. The van der Waals surface area contributed by atoms with Crippen molar-refractivity contribution in [3.63, 3.8) is 0 Å². The quantitative estimate of drug-likeness (QED) is 0.536. The molecule has 1 N–H and O–H groups in total. The van der Waals surface area contributed by atoms with E-state index in [1.165, 1.54) is 0 Å². The topological polar surface area (TPSA) is 77.0 Å². The van der Waals surface area contributed by atoms with Gasteiger partial charge in [-0.1, -0.05) is 12.1 Å². The monoisotopic (exact) mass is 444 g/mol. The molecule has 1 aliphatic rings. The van der Waals surface area contributed by atoms with Crippen LogP contribution in [0, 0.1) is 12.8 Å². The molecule has 6 nitrogen and oxygen atoms in total. The van der Waals surface area contributed by atoms with E-state index >= 15 is 0 Å². The largest absolute Gasteiger partial charge is 0.494 e. The van der Waals surface area contributed by atoms with Crippen molar-refractivity contribution in [3.8, 4) is 16.9 Å². The third-order valence-corrected chi connectivity index (χ3v) is 6.35. The van der Waals surface area contributed by atoms with Gasteiger partial charge in [0.15, 0.2) is 0 Å². The van der Waals surface area contributed by atoms with Gasteiger partial charge in [0.1, 0.15) is 11.6 Å². The van der Waals surface area contributed by atoms with Gasteiger partial charge < -0.3 is 10.1 Å². The van der Waals surface area contributed by atoms with E-state index in [9.17, 15) is 4.79 Å². The Hall–Kier alpha value is -3.28. The highest BCUT2D eigenvalue weighted by molar-refractivity contribution is 5.78. The molecule has 1 amide bonds. The first kappa shape index (κ1) is 22.9. The van der Waals surface area contributed by atoms with Crippen LogP contribution in [0.5, 0.6) is 5.75 Å². The number of amides is 1. The van der Waals surface area contributed by atoms with Gasteiger partial charge in [0, 0.05) is 36.6 Å². The van der Waals surface area contributed by atoms with Crippen LogP contribution in [0.2, 0.25) is 0 Å². The molecule has 6 heteroatoms. The fourth-order valence-corrected chi connectivity index (χ4v) is 4.57. The Bertz CT molecular complexity index is 1050. The van der Waals surface area contributed by atoms with Gasteiger partial charge in [0.25, 0.3) is 0 Å². The molecule has 4 rings (SSSR count). The zero-order valence-electron chi connectivity index (χ0n) is 19.5. The minimum absolute atomic E-state index is 0.0766. The fraction of sp³-hybridized carbons (Fsp3) is 0.407. The zero-order chi connectivity index (χ0) is 23.0. The maximum Gasteiger partial charge on any atom is 0.224 e. The summed E-state index contributed by atoms with van der Waals surface area (Å²) in [4.78, 5) is 25.8. The molecule has 2 heterocycles. The Morgan fingerprint density at radius 3 is 2.48 bits per heavy atom. The average molecular weight is 445 g/mol. The second-order valence-corrected chi connectivity index (χ2v) is 8.73. The van der Waals surface area contributed by atoms with Crippen molar-refractivity contribution in [3.05, 3.63) is 72.1 Å². The Kier molecular flexibility index (Phi) is 7.66. The molecule has 0 spiro atoms. The number of hydrogen-bond acceptors (Lipinski definition) is 5. The van der Waals surface area contributed by atoms with Gasteiger partial charge in [-0.05, 0) is 80.8 Å². The summed E-state index contributed by atoms with van der Waals surface area (Å²) >= 11 is 0. The maximum absolute atomic E-state index is 12.4. The van der Waals surface area contributed by atoms with Crippen molar-refractivity contribution in [2.75, 3.05) is 13.2 Å². The number of carbonyl (C=O) groups is 1. The summed E-state index contributed by atoms with van der Waals surface area (Å²) in [6.07, 6.45) is 10.3. The van der Waals surface area contributed by atoms with Crippen LogP contribution in [-0.4, -0.2) is 34.0 Å². The molecule has 172 valence electrons. The predicted molar refractivity (Wildman–Crippen MR) is 129 cm³/mol. The lowest BCUT2D eigenvalue weighted by atomic mass is 9.79. The number of nitrogens with zero attached hydrogens (tertiary/aromatic N) is 3. The Morgan fingerprint density at radius 2 is 1.79 bits per heavy atom. The smallest absolute Gasteiger partial charge is 0.224 e. The average Bonchev–Trinajstić information content (AvgIpc) is 2.85. The highest BCUT2D eigenvalue weighted by Gasteiger charge is 2.26. The molecule has 1 saturated carbocycles. The number of aromatic nitrogens is 3. The van der Waals surface area contributed by atoms with Crippen molar-refractivity contribution < 1.29 is 9.53 Å². The van der Waals surface area contributed by atoms with Gasteiger partial charge in [-0.25, -0.2) is 9.97 Å². The van der Waals surface area contributed by atoms with Crippen LogP contribution in [0.1, 0.15) is 55.6 Å². The number of carbonyl (C=O) groups excluding carboxylic acids is 1. The van der Waals surface area contributed by atoms with E-state index in [0.29, 0.717) is 24.9 Å². The van der Waals surface area contributed by atoms with Gasteiger partial charge in [0.05, 0.1) is 18.7 Å². The molecular weight excluding hydrogens is 412 g/mol. The molecule has 0 unspecified atom stereocenters. The standard InChI is InChI=1S/C27H32N4O2/c1-3-33-24-10-6-20(7-11-24)16-26(32)30-17-21-4-8-23(9-5-21)27-25(18-29-19(2)31-27)22-12-14-28-15-13-22/h6-7,10-15,18,21,23H,3-5,8-9,16-17H2,1-2H3,(H,30,32). The third kappa shape index (κ3) is 6.15. The minimum Gasteiger partial charge on any atom is -0.494 e. The molecule has 2 aromatic heterocycles. The first-order valence-electron chi connectivity index (χ1n) is 11.8. The number of hydrogen-bond donors (Lipinski definition) is 1. The Morgan fingerprint density at radius 1 is 1.06 bits per heavy atom. The summed E-state index contributed by atoms with van der Waals surface area (Å²) in [5.41, 5.74) is 4.37. The van der Waals surface area contributed by atoms with E-state index in [0.717, 1.165) is 66.2 Å². The number of pyridine rings is 1. The van der Waals surface area contributed by atoms with Gasteiger partial charge in [-0.3, -0.25) is 9.78 Å². The molecular formula is C27H32N4O2. The van der Waals surface area contributed by atoms with E-state index in [1.54, 1.807) is 0 Å². The molecule has 1 fully saturated rings. The predicted octanol–water partition coefficient (Wildman–Crippen LogP) is 4.88. The van der Waals surface area contributed by atoms with Crippen LogP contribution in [-0.2, 0) is 11.2 Å². The van der Waals surface area contributed by atoms with E-state index in [4.69, 9.17) is 9.72 Å². The van der Waals surface area contributed by atoms with Gasteiger partial charge in [-0.2, -0.15) is 0 Å². The van der Waals surface area contributed by atoms with E-state index in [-0.39, 0.29) is 5.91 Å². The van der Waals surface area contributed by atoms with E-state index in [2.05, 4.69) is 15.3 Å². The van der Waals surface area contributed by atoms with Crippen LogP contribution in [0.3, 0.4) is 0 Å². The maximum atomic E-state index is 12.4. The molecule has 0 atom stereocenters. The van der Waals surface area contributed by atoms with Crippen LogP contribution in [0.4, 0.5) is 0 Å². The summed E-state index contributed by atoms with van der Waals surface area (Å²) in [6.45, 7) is 5.29. The van der Waals surface area contributed by atoms with Gasteiger partial charge in [0.2, 0.25) is 5.91 Å². The molecule has 3 aromatic rings. The van der Waals surface area contributed by atoms with Crippen molar-refractivity contribution in [1.82, 2.24) is 20.3 Å². The van der Waals surface area contributed by atoms with Crippen molar-refractivity contribution in [1.29, 1.82) is 0 Å². The summed E-state index contributed by atoms with van der Waals surface area (Å²) in [5.74, 6) is 2.66. The molecule has 0 aliphatic heterocycles. The first-order valence-corrected chi connectivity index (χ1v) is 11.8. The molecule has 1 aliphatic carbocycles. The van der Waals surface area contributed by atoms with Crippen molar-refractivity contribution in [2.45, 2.75) is 51.9 Å². The third-order valence-electron chi connectivity index (χ3n) is 6.35. The summed E-state index contributed by atoms with van der Waals surface area (Å²) in [5, 5.41) is 3.14. The SMILES string of the molecule is CCOc1ccc(CC(=O)NCC2CCC(c3nc(C)ncc3-c3ccncc3)CC2)cc1. The number of benzene rings is 1. The summed E-state index contributed by atoms with van der Waals surface area (Å²) in [6, 6.07) is 11.8. The van der Waals surface area contributed by atoms with E-state index in [1.807, 2.05) is 68.8 Å². The number of rotatable bonds is 8.